The molecule has 0 aliphatic carbocycles. The van der Waals surface area contributed by atoms with Gasteiger partial charge < -0.3 is 9.72 Å². The molecule has 1 heterocycles. The fourth-order valence-electron chi connectivity index (χ4n) is 2.68. The van der Waals surface area contributed by atoms with E-state index < -0.39 is 32.4 Å². The standard InChI is InChI=1S/C18H14F3NO4S/c1-10-3-6-12(7-4-10)27(24,25)17-15(16(23)18(19,20)21)13-9-11(26-2)5-8-14(13)22-17/h3-9,22H,1-2H3. The molecule has 0 unspecified atom stereocenters. The number of carbonyl (C=O) groups excluding carboxylic acids is 1. The van der Waals surface area contributed by atoms with Gasteiger partial charge in [0.15, 0.2) is 0 Å². The molecule has 0 atom stereocenters. The Hall–Kier alpha value is -2.81. The van der Waals surface area contributed by atoms with E-state index >= 15 is 0 Å². The molecule has 3 rings (SSSR count). The first-order valence-corrected chi connectivity index (χ1v) is 9.17. The number of ketones is 1. The second kappa shape index (κ2) is 6.41. The van der Waals surface area contributed by atoms with Crippen LogP contribution < -0.4 is 4.74 Å². The molecule has 27 heavy (non-hydrogen) atoms. The Balaban J connectivity index is 2.35. The number of fused-ring (bicyclic) bond motifs is 1. The molecule has 0 radical (unpaired) electrons. The number of halogens is 3. The Morgan fingerprint density at radius 3 is 2.26 bits per heavy atom. The van der Waals surface area contributed by atoms with Gasteiger partial charge in [0.05, 0.1) is 17.6 Å². The number of aryl methyl sites for hydroxylation is 1. The molecule has 0 aliphatic rings. The molecule has 1 N–H and O–H groups in total. The predicted molar refractivity (Wildman–Crippen MR) is 91.9 cm³/mol. The fraction of sp³-hybridized carbons (Fsp3) is 0.167. The molecule has 0 amide bonds. The SMILES string of the molecule is COc1ccc2[nH]c(S(=O)(=O)c3ccc(C)cc3)c(C(=O)C(F)(F)F)c2c1. The Morgan fingerprint density at radius 1 is 1.07 bits per heavy atom. The third kappa shape index (κ3) is 3.30. The van der Waals surface area contributed by atoms with Crippen LogP contribution in [0.15, 0.2) is 52.4 Å². The van der Waals surface area contributed by atoms with Gasteiger partial charge in [-0.25, -0.2) is 8.42 Å². The number of alkyl halides is 3. The highest BCUT2D eigenvalue weighted by Crippen LogP contribution is 2.36. The number of aromatic nitrogens is 1. The van der Waals surface area contributed by atoms with Crippen molar-refractivity contribution in [3.05, 3.63) is 53.6 Å². The minimum Gasteiger partial charge on any atom is -0.497 e. The third-order valence-corrected chi connectivity index (χ3v) is 5.79. The lowest BCUT2D eigenvalue weighted by Crippen LogP contribution is -2.24. The maximum atomic E-state index is 13.2. The van der Waals surface area contributed by atoms with Crippen molar-refractivity contribution in [2.45, 2.75) is 23.0 Å². The zero-order valence-electron chi connectivity index (χ0n) is 14.2. The lowest BCUT2D eigenvalue weighted by atomic mass is 10.1. The van der Waals surface area contributed by atoms with Crippen molar-refractivity contribution < 1.29 is 31.1 Å². The van der Waals surface area contributed by atoms with E-state index in [9.17, 15) is 26.4 Å². The van der Waals surface area contributed by atoms with E-state index in [2.05, 4.69) is 4.98 Å². The van der Waals surface area contributed by atoms with Crippen LogP contribution in [-0.4, -0.2) is 32.5 Å². The lowest BCUT2D eigenvalue weighted by molar-refractivity contribution is -0.0886. The van der Waals surface area contributed by atoms with Gasteiger partial charge in [0.1, 0.15) is 10.8 Å². The van der Waals surface area contributed by atoms with Crippen molar-refractivity contribution in [3.8, 4) is 5.75 Å². The molecule has 0 saturated heterocycles. The van der Waals surface area contributed by atoms with Crippen molar-refractivity contribution >= 4 is 26.5 Å². The van der Waals surface area contributed by atoms with Crippen LogP contribution in [0.1, 0.15) is 15.9 Å². The largest absolute Gasteiger partial charge is 0.497 e. The molecular formula is C18H14F3NO4S. The lowest BCUT2D eigenvalue weighted by Gasteiger charge is -2.09. The van der Waals surface area contributed by atoms with Crippen LogP contribution in [0.5, 0.6) is 5.75 Å². The summed E-state index contributed by atoms with van der Waals surface area (Å²) >= 11 is 0. The van der Waals surface area contributed by atoms with Gasteiger partial charge in [-0.1, -0.05) is 17.7 Å². The summed E-state index contributed by atoms with van der Waals surface area (Å²) < 4.78 is 70.3. The molecule has 2 aromatic carbocycles. The second-order valence-corrected chi connectivity index (χ2v) is 7.77. The number of aromatic amines is 1. The topological polar surface area (TPSA) is 76.2 Å². The van der Waals surface area contributed by atoms with Crippen LogP contribution in [0, 0.1) is 6.92 Å². The maximum absolute atomic E-state index is 13.2. The minimum absolute atomic E-state index is 0.0779. The van der Waals surface area contributed by atoms with E-state index in [1.165, 1.54) is 49.6 Å². The summed E-state index contributed by atoms with van der Waals surface area (Å²) in [5.41, 5.74) is -0.0898. The quantitative estimate of drug-likeness (QED) is 0.674. The number of ether oxygens (including phenoxy) is 1. The number of benzene rings is 2. The Morgan fingerprint density at radius 2 is 1.70 bits per heavy atom. The van der Waals surface area contributed by atoms with Crippen LogP contribution in [0.3, 0.4) is 0 Å². The molecule has 0 saturated carbocycles. The monoisotopic (exact) mass is 397 g/mol. The van der Waals surface area contributed by atoms with Gasteiger partial charge in [0.25, 0.3) is 5.78 Å². The van der Waals surface area contributed by atoms with Crippen molar-refractivity contribution in [2.24, 2.45) is 0 Å². The molecule has 142 valence electrons. The number of sulfone groups is 1. The fourth-order valence-corrected chi connectivity index (χ4v) is 4.12. The summed E-state index contributed by atoms with van der Waals surface area (Å²) in [6, 6.07) is 9.59. The molecule has 3 aromatic rings. The van der Waals surface area contributed by atoms with Crippen LogP contribution in [-0.2, 0) is 9.84 Å². The molecule has 1 aromatic heterocycles. The number of hydrogen-bond acceptors (Lipinski definition) is 4. The first-order valence-electron chi connectivity index (χ1n) is 7.68. The van der Waals surface area contributed by atoms with E-state index in [-0.39, 0.29) is 21.5 Å². The first kappa shape index (κ1) is 19.0. The maximum Gasteiger partial charge on any atom is 0.454 e. The summed E-state index contributed by atoms with van der Waals surface area (Å²) in [6.45, 7) is 1.74. The summed E-state index contributed by atoms with van der Waals surface area (Å²) in [4.78, 5) is 14.3. The van der Waals surface area contributed by atoms with Crippen LogP contribution in [0.25, 0.3) is 10.9 Å². The van der Waals surface area contributed by atoms with Gasteiger partial charge in [-0.3, -0.25) is 4.79 Å². The van der Waals surface area contributed by atoms with Crippen molar-refractivity contribution in [1.82, 2.24) is 4.98 Å². The van der Waals surface area contributed by atoms with Gasteiger partial charge in [-0.2, -0.15) is 13.2 Å². The minimum atomic E-state index is -5.24. The highest BCUT2D eigenvalue weighted by atomic mass is 32.2. The van der Waals surface area contributed by atoms with E-state index in [1.54, 1.807) is 6.92 Å². The van der Waals surface area contributed by atoms with Gasteiger partial charge in [-0.15, -0.1) is 0 Å². The molecule has 0 bridgehead atoms. The molecule has 0 fully saturated rings. The summed E-state index contributed by atoms with van der Waals surface area (Å²) in [7, 11) is -3.08. The molecule has 0 spiro atoms. The molecule has 0 aliphatic heterocycles. The van der Waals surface area contributed by atoms with Gasteiger partial charge >= 0.3 is 6.18 Å². The summed E-state index contributed by atoms with van der Waals surface area (Å²) in [5, 5.41) is -0.973. The second-order valence-electron chi connectivity index (χ2n) is 5.88. The van der Waals surface area contributed by atoms with Crippen LogP contribution in [0.2, 0.25) is 0 Å². The molecule has 5 nitrogen and oxygen atoms in total. The number of H-pyrrole nitrogens is 1. The number of rotatable bonds is 4. The Labute approximate surface area is 152 Å². The van der Waals surface area contributed by atoms with Crippen molar-refractivity contribution in [2.75, 3.05) is 7.11 Å². The van der Waals surface area contributed by atoms with E-state index in [1.807, 2.05) is 0 Å². The first-order chi connectivity index (χ1) is 12.6. The Bertz CT molecular complexity index is 1130. The number of nitrogens with one attached hydrogen (secondary N) is 1. The zero-order valence-corrected chi connectivity index (χ0v) is 15.0. The average Bonchev–Trinajstić information content (AvgIpc) is 2.99. The van der Waals surface area contributed by atoms with Gasteiger partial charge in [0.2, 0.25) is 9.84 Å². The highest BCUT2D eigenvalue weighted by Gasteiger charge is 2.44. The van der Waals surface area contributed by atoms with E-state index in [0.29, 0.717) is 0 Å². The van der Waals surface area contributed by atoms with Crippen molar-refractivity contribution in [1.29, 1.82) is 0 Å². The van der Waals surface area contributed by atoms with Gasteiger partial charge in [0, 0.05) is 10.9 Å². The van der Waals surface area contributed by atoms with Crippen LogP contribution in [0.4, 0.5) is 13.2 Å². The Kier molecular flexibility index (Phi) is 4.51. The third-order valence-electron chi connectivity index (χ3n) is 4.06. The number of Topliss-reactive ketones (excluding diaryl/α,β-unsaturated/α-hetero) is 1. The number of carbonyl (C=O) groups is 1. The van der Waals surface area contributed by atoms with Crippen LogP contribution >= 0.6 is 0 Å². The van der Waals surface area contributed by atoms with Gasteiger partial charge in [-0.05, 0) is 37.3 Å². The zero-order chi connectivity index (χ0) is 20.0. The van der Waals surface area contributed by atoms with E-state index in [0.717, 1.165) is 5.56 Å². The smallest absolute Gasteiger partial charge is 0.454 e. The number of hydrogen-bond donors (Lipinski definition) is 1. The average molecular weight is 397 g/mol. The molecular weight excluding hydrogens is 383 g/mol. The van der Waals surface area contributed by atoms with Crippen molar-refractivity contribution in [3.63, 3.8) is 0 Å². The van der Waals surface area contributed by atoms with E-state index in [4.69, 9.17) is 4.74 Å². The summed E-state index contributed by atoms with van der Waals surface area (Å²) in [6.07, 6.45) is -5.24. The number of methoxy groups -OCH3 is 1. The highest BCUT2D eigenvalue weighted by molar-refractivity contribution is 7.91. The predicted octanol–water partition coefficient (Wildman–Crippen LogP) is 4.06. The molecule has 9 heteroatoms. The normalized spacial score (nSPS) is 12.3. The summed E-state index contributed by atoms with van der Waals surface area (Å²) in [5.74, 6) is -2.05.